The fraction of sp³-hybridized carbons (Fsp3) is 0.167. The van der Waals surface area contributed by atoms with E-state index in [-0.39, 0.29) is 17.9 Å². The molecule has 0 heterocycles. The lowest BCUT2D eigenvalue weighted by atomic mass is 10.1. The Bertz CT molecular complexity index is 438. The molecule has 0 bridgehead atoms. The van der Waals surface area contributed by atoms with Gasteiger partial charge in [0.15, 0.2) is 0 Å². The summed E-state index contributed by atoms with van der Waals surface area (Å²) in [5.41, 5.74) is 6.16. The normalized spacial score (nSPS) is 12.5. The van der Waals surface area contributed by atoms with E-state index in [1.165, 1.54) is 7.11 Å². The average Bonchev–Trinajstić information content (AvgIpc) is 2.31. The Kier molecular flexibility index (Phi) is 4.90. The Morgan fingerprint density at radius 1 is 1.47 bits per heavy atom. The summed E-state index contributed by atoms with van der Waals surface area (Å²) in [6.07, 6.45) is 1.02. The second-order valence-corrected chi connectivity index (χ2v) is 3.21. The smallest absolute Gasteiger partial charge is 0.339 e. The minimum Gasteiger partial charge on any atom is -0.478 e. The largest absolute Gasteiger partial charge is 0.478 e. The molecule has 0 spiro atoms. The molecule has 0 aliphatic heterocycles. The second kappa shape index (κ2) is 6.44. The highest BCUT2D eigenvalue weighted by Crippen LogP contribution is 2.12. The van der Waals surface area contributed by atoms with E-state index in [1.807, 2.05) is 18.2 Å². The summed E-state index contributed by atoms with van der Waals surface area (Å²) >= 11 is 0. The van der Waals surface area contributed by atoms with Gasteiger partial charge in [0, 0.05) is 13.3 Å². The summed E-state index contributed by atoms with van der Waals surface area (Å²) < 4.78 is 4.92. The Morgan fingerprint density at radius 2 is 2.12 bits per heavy atom. The van der Waals surface area contributed by atoms with Crippen LogP contribution in [0.2, 0.25) is 0 Å². The Morgan fingerprint density at radius 3 is 2.59 bits per heavy atom. The van der Waals surface area contributed by atoms with Crippen molar-refractivity contribution >= 4 is 17.4 Å². The Labute approximate surface area is 99.2 Å². The zero-order chi connectivity index (χ0) is 12.7. The molecular formula is C12H14N2O3. The van der Waals surface area contributed by atoms with Gasteiger partial charge in [-0.3, -0.25) is 4.99 Å². The Balaban J connectivity index is 3.09. The number of carboxylic acid groups (broad SMARTS) is 1. The monoisotopic (exact) mass is 234 g/mol. The number of aliphatic carboxylic acids is 1. The summed E-state index contributed by atoms with van der Waals surface area (Å²) in [5.74, 6) is -1.13. The molecule has 0 saturated heterocycles. The highest BCUT2D eigenvalue weighted by atomic mass is 16.5. The van der Waals surface area contributed by atoms with Crippen LogP contribution in [-0.2, 0) is 9.53 Å². The molecule has 0 aliphatic carbocycles. The van der Waals surface area contributed by atoms with Gasteiger partial charge in [-0.1, -0.05) is 18.2 Å². The summed E-state index contributed by atoms with van der Waals surface area (Å²) in [4.78, 5) is 15.2. The lowest BCUT2D eigenvalue weighted by Crippen LogP contribution is -2.18. The Hall–Kier alpha value is -2.14. The van der Waals surface area contributed by atoms with Gasteiger partial charge < -0.3 is 15.6 Å². The van der Waals surface area contributed by atoms with Crippen molar-refractivity contribution in [3.63, 3.8) is 0 Å². The first-order valence-corrected chi connectivity index (χ1v) is 4.96. The number of carboxylic acids is 1. The van der Waals surface area contributed by atoms with E-state index in [0.717, 1.165) is 6.20 Å². The van der Waals surface area contributed by atoms with Crippen LogP contribution in [0.15, 0.2) is 47.1 Å². The van der Waals surface area contributed by atoms with Crippen LogP contribution in [0, 0.1) is 0 Å². The molecule has 17 heavy (non-hydrogen) atoms. The molecule has 1 aromatic rings. The first-order chi connectivity index (χ1) is 8.19. The van der Waals surface area contributed by atoms with Gasteiger partial charge in [-0.25, -0.2) is 4.79 Å². The molecule has 0 aromatic heterocycles. The SMILES string of the molecule is COCC(=Nc1ccccc1)/C(=C\N)C(=O)O. The van der Waals surface area contributed by atoms with E-state index in [0.29, 0.717) is 5.69 Å². The zero-order valence-electron chi connectivity index (χ0n) is 9.46. The molecule has 5 nitrogen and oxygen atoms in total. The van der Waals surface area contributed by atoms with Crippen molar-refractivity contribution in [3.8, 4) is 0 Å². The molecule has 3 N–H and O–H groups in total. The lowest BCUT2D eigenvalue weighted by molar-refractivity contribution is -0.132. The molecule has 1 aromatic carbocycles. The first kappa shape index (κ1) is 12.9. The van der Waals surface area contributed by atoms with Crippen LogP contribution >= 0.6 is 0 Å². The molecule has 0 unspecified atom stereocenters. The summed E-state index contributed by atoms with van der Waals surface area (Å²) in [5, 5.41) is 8.96. The van der Waals surface area contributed by atoms with Crippen molar-refractivity contribution in [3.05, 3.63) is 42.1 Å². The van der Waals surface area contributed by atoms with Crippen LogP contribution in [0.25, 0.3) is 0 Å². The molecule has 1 rings (SSSR count). The van der Waals surface area contributed by atoms with Gasteiger partial charge in [0.25, 0.3) is 0 Å². The maximum Gasteiger partial charge on any atom is 0.339 e. The van der Waals surface area contributed by atoms with E-state index < -0.39 is 5.97 Å². The molecule has 90 valence electrons. The van der Waals surface area contributed by atoms with Crippen molar-refractivity contribution in [2.45, 2.75) is 0 Å². The number of rotatable bonds is 5. The minimum absolute atomic E-state index is 0.0595. The molecule has 0 aliphatic rings. The average molecular weight is 234 g/mol. The van der Waals surface area contributed by atoms with Gasteiger partial charge in [0.05, 0.1) is 23.6 Å². The zero-order valence-corrected chi connectivity index (χ0v) is 9.46. The highest BCUT2D eigenvalue weighted by Gasteiger charge is 2.14. The number of nitrogens with zero attached hydrogens (tertiary/aromatic N) is 1. The predicted molar refractivity (Wildman–Crippen MR) is 65.3 cm³/mol. The van der Waals surface area contributed by atoms with E-state index >= 15 is 0 Å². The van der Waals surface area contributed by atoms with Crippen LogP contribution in [0.4, 0.5) is 5.69 Å². The van der Waals surface area contributed by atoms with Crippen LogP contribution in [0.1, 0.15) is 0 Å². The van der Waals surface area contributed by atoms with Crippen LogP contribution in [0.3, 0.4) is 0 Å². The van der Waals surface area contributed by atoms with Crippen molar-refractivity contribution in [2.24, 2.45) is 10.7 Å². The van der Waals surface area contributed by atoms with Crippen molar-refractivity contribution in [1.82, 2.24) is 0 Å². The number of aliphatic imine (C=N–C) groups is 1. The van der Waals surface area contributed by atoms with Gasteiger partial charge in [-0.05, 0) is 12.1 Å². The standard InChI is InChI=1S/C12H14N2O3/c1-17-8-11(10(7-13)12(15)16)14-9-5-3-2-4-6-9/h2-7H,8,13H2,1H3,(H,15,16)/b10-7+,14-11?. The van der Waals surface area contributed by atoms with Crippen molar-refractivity contribution in [1.29, 1.82) is 0 Å². The van der Waals surface area contributed by atoms with E-state index in [9.17, 15) is 4.79 Å². The number of benzene rings is 1. The maximum atomic E-state index is 11.0. The van der Waals surface area contributed by atoms with Crippen LogP contribution < -0.4 is 5.73 Å². The fourth-order valence-corrected chi connectivity index (χ4v) is 1.26. The lowest BCUT2D eigenvalue weighted by Gasteiger charge is -2.05. The number of hydrogen-bond acceptors (Lipinski definition) is 4. The quantitative estimate of drug-likeness (QED) is 0.594. The summed E-state index contributed by atoms with van der Waals surface area (Å²) in [7, 11) is 1.47. The molecule has 0 amide bonds. The van der Waals surface area contributed by atoms with Crippen LogP contribution in [0.5, 0.6) is 0 Å². The number of methoxy groups -OCH3 is 1. The van der Waals surface area contributed by atoms with E-state index in [2.05, 4.69) is 4.99 Å². The van der Waals surface area contributed by atoms with Gasteiger partial charge in [-0.15, -0.1) is 0 Å². The molecule has 0 saturated carbocycles. The number of carbonyl (C=O) groups is 1. The van der Waals surface area contributed by atoms with Crippen molar-refractivity contribution < 1.29 is 14.6 Å². The molecule has 0 atom stereocenters. The summed E-state index contributed by atoms with van der Waals surface area (Å²) in [6.45, 7) is 0.0875. The third kappa shape index (κ3) is 3.73. The topological polar surface area (TPSA) is 84.9 Å². The second-order valence-electron chi connectivity index (χ2n) is 3.21. The molecule has 5 heteroatoms. The highest BCUT2D eigenvalue weighted by molar-refractivity contribution is 6.20. The van der Waals surface area contributed by atoms with Gasteiger partial charge in [-0.2, -0.15) is 0 Å². The first-order valence-electron chi connectivity index (χ1n) is 4.96. The minimum atomic E-state index is -1.13. The predicted octanol–water partition coefficient (Wildman–Crippen LogP) is 1.33. The van der Waals surface area contributed by atoms with Gasteiger partial charge >= 0.3 is 5.97 Å². The third-order valence-corrected chi connectivity index (χ3v) is 2.01. The number of nitrogens with two attached hydrogens (primary N) is 1. The van der Waals surface area contributed by atoms with E-state index in [1.54, 1.807) is 12.1 Å². The van der Waals surface area contributed by atoms with Crippen molar-refractivity contribution in [2.75, 3.05) is 13.7 Å². The number of hydrogen-bond donors (Lipinski definition) is 2. The van der Waals surface area contributed by atoms with E-state index in [4.69, 9.17) is 15.6 Å². The molecule has 0 radical (unpaired) electrons. The number of ether oxygens (including phenoxy) is 1. The number of para-hydroxylation sites is 1. The maximum absolute atomic E-state index is 11.0. The molecule has 0 fully saturated rings. The van der Waals surface area contributed by atoms with Gasteiger partial charge in [0.1, 0.15) is 0 Å². The van der Waals surface area contributed by atoms with Crippen LogP contribution in [-0.4, -0.2) is 30.5 Å². The summed E-state index contributed by atoms with van der Waals surface area (Å²) in [6, 6.07) is 9.02. The third-order valence-electron chi connectivity index (χ3n) is 2.01. The van der Waals surface area contributed by atoms with Gasteiger partial charge in [0.2, 0.25) is 0 Å². The molecular weight excluding hydrogens is 220 g/mol. The fourth-order valence-electron chi connectivity index (χ4n) is 1.26.